The zero-order chi connectivity index (χ0) is 15.2. The fourth-order valence-corrected chi connectivity index (χ4v) is 1.81. The number of nitro benzene ring substituents is 1. The monoisotopic (exact) mass is 287 g/mol. The highest BCUT2D eigenvalue weighted by molar-refractivity contribution is 5.82. The van der Waals surface area contributed by atoms with Gasteiger partial charge in [0, 0.05) is 6.07 Å². The molecule has 0 aromatic heterocycles. The number of carbonyl (C=O) groups is 1. The average molecular weight is 287 g/mol. The molecule has 0 radical (unpaired) electrons. The van der Waals surface area contributed by atoms with E-state index in [2.05, 4.69) is 0 Å². The van der Waals surface area contributed by atoms with Crippen LogP contribution in [0.1, 0.15) is 15.9 Å². The lowest BCUT2D eigenvalue weighted by molar-refractivity contribution is -0.385. The molecule has 0 amide bonds. The molecular weight excluding hydrogens is 274 g/mol. The SMILES string of the molecule is COc1cccc(COc2ccc([N+](=O)[O-])c(C=O)c2)c1. The molecule has 0 spiro atoms. The maximum Gasteiger partial charge on any atom is 0.280 e. The van der Waals surface area contributed by atoms with Crippen LogP contribution in [0.2, 0.25) is 0 Å². The van der Waals surface area contributed by atoms with E-state index >= 15 is 0 Å². The van der Waals surface area contributed by atoms with E-state index in [1.54, 1.807) is 7.11 Å². The Morgan fingerprint density at radius 1 is 1.19 bits per heavy atom. The lowest BCUT2D eigenvalue weighted by Crippen LogP contribution is -1.99. The second-order valence-corrected chi connectivity index (χ2v) is 4.24. The van der Waals surface area contributed by atoms with Crippen LogP contribution >= 0.6 is 0 Å². The first-order chi connectivity index (χ1) is 10.1. The van der Waals surface area contributed by atoms with E-state index < -0.39 is 4.92 Å². The molecule has 0 aliphatic heterocycles. The maximum atomic E-state index is 10.9. The summed E-state index contributed by atoms with van der Waals surface area (Å²) in [5, 5.41) is 10.7. The summed E-state index contributed by atoms with van der Waals surface area (Å²) in [4.78, 5) is 21.0. The molecule has 6 heteroatoms. The Kier molecular flexibility index (Phi) is 4.50. The Labute approximate surface area is 121 Å². The van der Waals surface area contributed by atoms with Gasteiger partial charge in [0.25, 0.3) is 5.69 Å². The Morgan fingerprint density at radius 3 is 2.67 bits per heavy atom. The molecule has 0 bridgehead atoms. The van der Waals surface area contributed by atoms with Crippen molar-refractivity contribution in [1.82, 2.24) is 0 Å². The smallest absolute Gasteiger partial charge is 0.280 e. The van der Waals surface area contributed by atoms with Crippen molar-refractivity contribution >= 4 is 12.0 Å². The average Bonchev–Trinajstić information content (AvgIpc) is 2.52. The summed E-state index contributed by atoms with van der Waals surface area (Å²) in [5.74, 6) is 1.11. The van der Waals surface area contributed by atoms with E-state index in [1.165, 1.54) is 18.2 Å². The Hall–Kier alpha value is -2.89. The number of ether oxygens (including phenoxy) is 2. The maximum absolute atomic E-state index is 10.9. The predicted octanol–water partition coefficient (Wildman–Crippen LogP) is 2.99. The van der Waals surface area contributed by atoms with Gasteiger partial charge in [0.1, 0.15) is 18.1 Å². The van der Waals surface area contributed by atoms with Crippen LogP contribution in [0.4, 0.5) is 5.69 Å². The van der Waals surface area contributed by atoms with Gasteiger partial charge in [-0.2, -0.15) is 0 Å². The molecule has 2 aromatic carbocycles. The number of rotatable bonds is 6. The fraction of sp³-hybridized carbons (Fsp3) is 0.133. The van der Waals surface area contributed by atoms with E-state index in [9.17, 15) is 14.9 Å². The predicted molar refractivity (Wildman–Crippen MR) is 75.8 cm³/mol. The zero-order valence-electron chi connectivity index (χ0n) is 11.3. The number of nitrogens with zero attached hydrogens (tertiary/aromatic N) is 1. The minimum Gasteiger partial charge on any atom is -0.497 e. The summed E-state index contributed by atoms with van der Waals surface area (Å²) >= 11 is 0. The van der Waals surface area contributed by atoms with Crippen molar-refractivity contribution in [3.8, 4) is 11.5 Å². The van der Waals surface area contributed by atoms with E-state index in [4.69, 9.17) is 9.47 Å². The summed E-state index contributed by atoms with van der Waals surface area (Å²) < 4.78 is 10.6. The summed E-state index contributed by atoms with van der Waals surface area (Å²) in [6.45, 7) is 0.271. The van der Waals surface area contributed by atoms with Gasteiger partial charge in [0.15, 0.2) is 6.29 Å². The molecule has 0 saturated carbocycles. The van der Waals surface area contributed by atoms with Gasteiger partial charge in [-0.15, -0.1) is 0 Å². The number of methoxy groups -OCH3 is 1. The first-order valence-corrected chi connectivity index (χ1v) is 6.13. The molecule has 2 aromatic rings. The number of aldehydes is 1. The number of hydrogen-bond donors (Lipinski definition) is 0. The summed E-state index contributed by atoms with van der Waals surface area (Å²) in [6.07, 6.45) is 0.441. The molecule has 0 fully saturated rings. The molecule has 0 heterocycles. The van der Waals surface area contributed by atoms with Gasteiger partial charge < -0.3 is 9.47 Å². The van der Waals surface area contributed by atoms with Crippen LogP contribution in [-0.4, -0.2) is 18.3 Å². The molecule has 6 nitrogen and oxygen atoms in total. The fourth-order valence-electron chi connectivity index (χ4n) is 1.81. The number of carbonyl (C=O) groups excluding carboxylic acids is 1. The highest BCUT2D eigenvalue weighted by Gasteiger charge is 2.13. The lowest BCUT2D eigenvalue weighted by Gasteiger charge is -2.08. The quantitative estimate of drug-likeness (QED) is 0.463. The van der Waals surface area contributed by atoms with Gasteiger partial charge in [-0.05, 0) is 29.8 Å². The van der Waals surface area contributed by atoms with Crippen LogP contribution in [0.5, 0.6) is 11.5 Å². The molecule has 0 unspecified atom stereocenters. The van der Waals surface area contributed by atoms with Gasteiger partial charge in [-0.25, -0.2) is 0 Å². The zero-order valence-corrected chi connectivity index (χ0v) is 11.3. The normalized spacial score (nSPS) is 9.95. The number of benzene rings is 2. The van der Waals surface area contributed by atoms with Crippen molar-refractivity contribution in [2.24, 2.45) is 0 Å². The van der Waals surface area contributed by atoms with E-state index in [-0.39, 0.29) is 17.9 Å². The van der Waals surface area contributed by atoms with Gasteiger partial charge in [-0.3, -0.25) is 14.9 Å². The topological polar surface area (TPSA) is 78.7 Å². The minimum absolute atomic E-state index is 0.0110. The van der Waals surface area contributed by atoms with Crippen LogP contribution < -0.4 is 9.47 Å². The summed E-state index contributed by atoms with van der Waals surface area (Å²) in [5.41, 5.74) is 0.641. The molecule has 0 aliphatic rings. The van der Waals surface area contributed by atoms with Gasteiger partial charge >= 0.3 is 0 Å². The molecule has 2 rings (SSSR count). The molecule has 0 N–H and O–H groups in total. The van der Waals surface area contributed by atoms with Crippen LogP contribution in [0.3, 0.4) is 0 Å². The van der Waals surface area contributed by atoms with Crippen molar-refractivity contribution in [3.63, 3.8) is 0 Å². The standard InChI is InChI=1S/C15H13NO5/c1-20-13-4-2-3-11(7-13)10-21-14-5-6-15(16(18)19)12(8-14)9-17/h2-9H,10H2,1H3. The third-order valence-electron chi connectivity index (χ3n) is 2.86. The van der Waals surface area contributed by atoms with Crippen LogP contribution in [0, 0.1) is 10.1 Å². The van der Waals surface area contributed by atoms with E-state index in [0.29, 0.717) is 17.8 Å². The van der Waals surface area contributed by atoms with Crippen LogP contribution in [0.15, 0.2) is 42.5 Å². The molecular formula is C15H13NO5. The van der Waals surface area contributed by atoms with Gasteiger partial charge in [0.2, 0.25) is 0 Å². The summed E-state index contributed by atoms with van der Waals surface area (Å²) in [7, 11) is 1.58. The molecule has 0 saturated heterocycles. The number of hydrogen-bond acceptors (Lipinski definition) is 5. The first kappa shape index (κ1) is 14.5. The van der Waals surface area contributed by atoms with Gasteiger partial charge in [-0.1, -0.05) is 12.1 Å². The second-order valence-electron chi connectivity index (χ2n) is 4.24. The third-order valence-corrected chi connectivity index (χ3v) is 2.86. The highest BCUT2D eigenvalue weighted by Crippen LogP contribution is 2.23. The Morgan fingerprint density at radius 2 is 2.00 bits per heavy atom. The molecule has 21 heavy (non-hydrogen) atoms. The second kappa shape index (κ2) is 6.51. The molecule has 0 aliphatic carbocycles. The van der Waals surface area contributed by atoms with E-state index in [0.717, 1.165) is 5.56 Å². The molecule has 0 atom stereocenters. The van der Waals surface area contributed by atoms with Gasteiger partial charge in [0.05, 0.1) is 17.6 Å². The number of nitro groups is 1. The Bertz CT molecular complexity index is 669. The summed E-state index contributed by atoms with van der Waals surface area (Å²) in [6, 6.07) is 11.4. The van der Waals surface area contributed by atoms with Crippen molar-refractivity contribution in [2.75, 3.05) is 7.11 Å². The first-order valence-electron chi connectivity index (χ1n) is 6.13. The van der Waals surface area contributed by atoms with Crippen molar-refractivity contribution in [1.29, 1.82) is 0 Å². The lowest BCUT2D eigenvalue weighted by atomic mass is 10.2. The van der Waals surface area contributed by atoms with Crippen LogP contribution in [-0.2, 0) is 6.61 Å². The van der Waals surface area contributed by atoms with Crippen molar-refractivity contribution in [2.45, 2.75) is 6.61 Å². The molecule has 108 valence electrons. The van der Waals surface area contributed by atoms with Crippen molar-refractivity contribution in [3.05, 3.63) is 63.7 Å². The minimum atomic E-state index is -0.602. The largest absolute Gasteiger partial charge is 0.497 e. The highest BCUT2D eigenvalue weighted by atomic mass is 16.6. The Balaban J connectivity index is 2.13. The van der Waals surface area contributed by atoms with Crippen LogP contribution in [0.25, 0.3) is 0 Å². The van der Waals surface area contributed by atoms with E-state index in [1.807, 2.05) is 24.3 Å². The third kappa shape index (κ3) is 3.56. The van der Waals surface area contributed by atoms with Crippen molar-refractivity contribution < 1.29 is 19.2 Å².